The van der Waals surface area contributed by atoms with Gasteiger partial charge in [0, 0.05) is 23.5 Å². The Morgan fingerprint density at radius 1 is 1.00 bits per heavy atom. The molecule has 0 unspecified atom stereocenters. The van der Waals surface area contributed by atoms with E-state index in [-0.39, 0.29) is 18.3 Å². The van der Waals surface area contributed by atoms with Gasteiger partial charge in [0.05, 0.1) is 24.2 Å². The number of nitrogens with one attached hydrogen (secondary N) is 1. The standard InChI is InChI=1S/C27H42N2O3/c1-8-10-11-12-13-14-16-29-17-15-21-19(3)22(18-23(30)32-9-2)20(4)24(25(21)29)28-26(31)27(5,6)7/h15,17H,8-14,16,18H2,1-7H3,(H,28,31). The number of carbonyl (C=O) groups is 2. The molecule has 0 bridgehead atoms. The molecule has 32 heavy (non-hydrogen) atoms. The molecule has 0 aliphatic rings. The predicted octanol–water partition coefficient (Wildman–Crippen LogP) is 6.71. The van der Waals surface area contributed by atoms with Gasteiger partial charge in [-0.2, -0.15) is 0 Å². The monoisotopic (exact) mass is 442 g/mol. The van der Waals surface area contributed by atoms with E-state index in [0.29, 0.717) is 6.61 Å². The second kappa shape index (κ2) is 11.5. The number of hydrogen-bond donors (Lipinski definition) is 1. The van der Waals surface area contributed by atoms with Gasteiger partial charge in [0.15, 0.2) is 0 Å². The van der Waals surface area contributed by atoms with E-state index >= 15 is 0 Å². The van der Waals surface area contributed by atoms with E-state index in [2.05, 4.69) is 36.0 Å². The summed E-state index contributed by atoms with van der Waals surface area (Å²) in [6, 6.07) is 2.11. The van der Waals surface area contributed by atoms with E-state index in [4.69, 9.17) is 4.74 Å². The van der Waals surface area contributed by atoms with E-state index in [1.807, 2.05) is 34.6 Å². The molecule has 2 aromatic rings. The summed E-state index contributed by atoms with van der Waals surface area (Å²) in [5.74, 6) is -0.266. The number of ether oxygens (including phenoxy) is 1. The van der Waals surface area contributed by atoms with E-state index in [9.17, 15) is 9.59 Å². The quantitative estimate of drug-likeness (QED) is 0.311. The van der Waals surface area contributed by atoms with Crippen molar-refractivity contribution in [3.8, 4) is 0 Å². The minimum absolute atomic E-state index is 0.0276. The average Bonchev–Trinajstić information content (AvgIpc) is 3.14. The van der Waals surface area contributed by atoms with Gasteiger partial charge < -0.3 is 14.6 Å². The molecule has 0 saturated carbocycles. The summed E-state index contributed by atoms with van der Waals surface area (Å²) in [6.45, 7) is 15.1. The molecule has 0 aliphatic carbocycles. The number of carbonyl (C=O) groups excluding carboxylic acids is 2. The SMILES string of the molecule is CCCCCCCCn1ccc2c(C)c(CC(=O)OCC)c(C)c(NC(=O)C(C)(C)C)c21. The molecular weight excluding hydrogens is 400 g/mol. The first-order valence-electron chi connectivity index (χ1n) is 12.2. The maximum atomic E-state index is 12.9. The minimum Gasteiger partial charge on any atom is -0.466 e. The van der Waals surface area contributed by atoms with Crippen LogP contribution >= 0.6 is 0 Å². The summed E-state index contributed by atoms with van der Waals surface area (Å²) in [5.41, 5.74) is 4.34. The van der Waals surface area contributed by atoms with Gasteiger partial charge in [-0.05, 0) is 49.9 Å². The second-order valence-electron chi connectivity index (χ2n) is 9.83. The number of fused-ring (bicyclic) bond motifs is 1. The van der Waals surface area contributed by atoms with Crippen LogP contribution in [0.5, 0.6) is 0 Å². The third-order valence-electron chi connectivity index (χ3n) is 6.18. The van der Waals surface area contributed by atoms with Crippen molar-refractivity contribution in [2.75, 3.05) is 11.9 Å². The fourth-order valence-electron chi connectivity index (χ4n) is 4.15. The van der Waals surface area contributed by atoms with Gasteiger partial charge in [-0.25, -0.2) is 0 Å². The highest BCUT2D eigenvalue weighted by Crippen LogP contribution is 2.36. The fraction of sp³-hybridized carbons (Fsp3) is 0.630. The minimum atomic E-state index is -0.512. The van der Waals surface area contributed by atoms with Crippen molar-refractivity contribution in [3.05, 3.63) is 29.0 Å². The highest BCUT2D eigenvalue weighted by Gasteiger charge is 2.26. The number of nitrogens with zero attached hydrogens (tertiary/aromatic N) is 1. The number of benzene rings is 1. The Balaban J connectivity index is 2.45. The Morgan fingerprint density at radius 3 is 2.28 bits per heavy atom. The van der Waals surface area contributed by atoms with Crippen LogP contribution in [0.1, 0.15) is 89.8 Å². The van der Waals surface area contributed by atoms with Gasteiger partial charge in [-0.1, -0.05) is 59.8 Å². The smallest absolute Gasteiger partial charge is 0.310 e. The van der Waals surface area contributed by atoms with Gasteiger partial charge in [-0.3, -0.25) is 9.59 Å². The number of aromatic nitrogens is 1. The maximum absolute atomic E-state index is 12.9. The lowest BCUT2D eigenvalue weighted by atomic mass is 9.92. The fourth-order valence-corrected chi connectivity index (χ4v) is 4.15. The van der Waals surface area contributed by atoms with Crippen molar-refractivity contribution in [1.29, 1.82) is 0 Å². The van der Waals surface area contributed by atoms with Crippen LogP contribution in [0.4, 0.5) is 5.69 Å². The second-order valence-corrected chi connectivity index (χ2v) is 9.83. The molecule has 5 heteroatoms. The predicted molar refractivity (Wildman–Crippen MR) is 133 cm³/mol. The molecule has 2 rings (SSSR count). The summed E-state index contributed by atoms with van der Waals surface area (Å²) in [6.07, 6.45) is 9.77. The number of unbranched alkanes of at least 4 members (excludes halogenated alkanes) is 5. The number of aryl methyl sites for hydroxylation is 2. The summed E-state index contributed by atoms with van der Waals surface area (Å²) >= 11 is 0. The molecule has 1 N–H and O–H groups in total. The molecule has 1 heterocycles. The van der Waals surface area contributed by atoms with Crippen LogP contribution in [-0.4, -0.2) is 23.1 Å². The van der Waals surface area contributed by atoms with Crippen LogP contribution in [0.2, 0.25) is 0 Å². The van der Waals surface area contributed by atoms with Crippen molar-refractivity contribution in [2.24, 2.45) is 5.41 Å². The zero-order valence-corrected chi connectivity index (χ0v) is 21.2. The van der Waals surface area contributed by atoms with E-state index in [0.717, 1.165) is 46.2 Å². The highest BCUT2D eigenvalue weighted by molar-refractivity contribution is 6.05. The molecule has 1 aromatic heterocycles. The Morgan fingerprint density at radius 2 is 1.66 bits per heavy atom. The van der Waals surface area contributed by atoms with Gasteiger partial charge in [0.25, 0.3) is 0 Å². The molecule has 0 saturated heterocycles. The summed E-state index contributed by atoms with van der Waals surface area (Å²) in [5, 5.41) is 4.29. The normalized spacial score (nSPS) is 11.7. The molecule has 0 aliphatic heterocycles. The molecule has 178 valence electrons. The summed E-state index contributed by atoms with van der Waals surface area (Å²) < 4.78 is 7.48. The molecule has 1 amide bonds. The maximum Gasteiger partial charge on any atom is 0.310 e. The van der Waals surface area contributed by atoms with E-state index in [1.54, 1.807) is 0 Å². The molecular formula is C27H42N2O3. The Hall–Kier alpha value is -2.30. The zero-order valence-electron chi connectivity index (χ0n) is 21.2. The van der Waals surface area contributed by atoms with Crippen LogP contribution in [-0.2, 0) is 27.3 Å². The van der Waals surface area contributed by atoms with Gasteiger partial charge >= 0.3 is 5.97 Å². The van der Waals surface area contributed by atoms with Gasteiger partial charge in [0.2, 0.25) is 5.91 Å². The first-order chi connectivity index (χ1) is 15.1. The summed E-state index contributed by atoms with van der Waals surface area (Å²) in [7, 11) is 0. The molecule has 0 atom stereocenters. The first kappa shape index (κ1) is 26.0. The molecule has 0 spiro atoms. The number of hydrogen-bond acceptors (Lipinski definition) is 3. The van der Waals surface area contributed by atoms with Crippen LogP contribution < -0.4 is 5.32 Å². The van der Waals surface area contributed by atoms with Crippen molar-refractivity contribution >= 4 is 28.5 Å². The number of esters is 1. The van der Waals surface area contributed by atoms with Crippen LogP contribution in [0.3, 0.4) is 0 Å². The lowest BCUT2D eigenvalue weighted by molar-refractivity contribution is -0.142. The van der Waals surface area contributed by atoms with Crippen molar-refractivity contribution in [3.63, 3.8) is 0 Å². The lowest BCUT2D eigenvalue weighted by Crippen LogP contribution is -2.28. The Bertz CT molecular complexity index is 935. The number of anilines is 1. The lowest BCUT2D eigenvalue weighted by Gasteiger charge is -2.23. The van der Waals surface area contributed by atoms with Crippen LogP contribution in [0.25, 0.3) is 10.9 Å². The molecule has 5 nitrogen and oxygen atoms in total. The van der Waals surface area contributed by atoms with Crippen LogP contribution in [0, 0.1) is 19.3 Å². The van der Waals surface area contributed by atoms with E-state index < -0.39 is 5.41 Å². The zero-order chi connectivity index (χ0) is 23.9. The first-order valence-corrected chi connectivity index (χ1v) is 12.2. The van der Waals surface area contributed by atoms with E-state index in [1.165, 1.54) is 32.1 Å². The third kappa shape index (κ3) is 6.36. The number of amides is 1. The van der Waals surface area contributed by atoms with Crippen molar-refractivity contribution < 1.29 is 14.3 Å². The molecule has 0 fully saturated rings. The van der Waals surface area contributed by atoms with Gasteiger partial charge in [-0.15, -0.1) is 0 Å². The molecule has 0 radical (unpaired) electrons. The Labute approximate surface area is 193 Å². The average molecular weight is 443 g/mol. The molecule has 1 aromatic carbocycles. The van der Waals surface area contributed by atoms with Crippen molar-refractivity contribution in [2.45, 2.75) is 100.0 Å². The number of rotatable bonds is 11. The highest BCUT2D eigenvalue weighted by atomic mass is 16.5. The Kier molecular flexibility index (Phi) is 9.35. The van der Waals surface area contributed by atoms with Crippen molar-refractivity contribution in [1.82, 2.24) is 4.57 Å². The van der Waals surface area contributed by atoms with Gasteiger partial charge in [0.1, 0.15) is 0 Å². The van der Waals surface area contributed by atoms with Crippen LogP contribution in [0.15, 0.2) is 12.3 Å². The topological polar surface area (TPSA) is 60.3 Å². The summed E-state index contributed by atoms with van der Waals surface area (Å²) in [4.78, 5) is 25.2. The third-order valence-corrected chi connectivity index (χ3v) is 6.18. The largest absolute Gasteiger partial charge is 0.466 e.